The van der Waals surface area contributed by atoms with Gasteiger partial charge in [-0.05, 0) is 23.3 Å². The predicted octanol–water partition coefficient (Wildman–Crippen LogP) is 5.00. The summed E-state index contributed by atoms with van der Waals surface area (Å²) in [6.07, 6.45) is 0. The zero-order valence-corrected chi connectivity index (χ0v) is 11.4. The number of aryl methyl sites for hydroxylation is 1. The first-order valence-electron chi connectivity index (χ1n) is 6.87. The van der Waals surface area contributed by atoms with Gasteiger partial charge in [-0.1, -0.05) is 60.7 Å². The summed E-state index contributed by atoms with van der Waals surface area (Å²) in [5.41, 5.74) is 5.10. The highest BCUT2D eigenvalue weighted by atomic mass is 14.9. The molecule has 0 radical (unpaired) electrons. The molecule has 4 rings (SSSR count). The molecule has 4 aromatic rings. The van der Waals surface area contributed by atoms with Gasteiger partial charge in [0.25, 0.3) is 0 Å². The molecule has 1 heterocycles. The van der Waals surface area contributed by atoms with Crippen molar-refractivity contribution < 1.29 is 0 Å². The number of hydrogen-bond donors (Lipinski definition) is 0. The van der Waals surface area contributed by atoms with Crippen molar-refractivity contribution in [3.63, 3.8) is 0 Å². The molecule has 0 atom stereocenters. The highest BCUT2D eigenvalue weighted by Crippen LogP contribution is 2.31. The number of aromatic nitrogens is 1. The van der Waals surface area contributed by atoms with Crippen LogP contribution in [0.3, 0.4) is 0 Å². The maximum absolute atomic E-state index is 2.28. The molecule has 0 aliphatic carbocycles. The summed E-state index contributed by atoms with van der Waals surface area (Å²) in [6.45, 7) is 0. The summed E-state index contributed by atoms with van der Waals surface area (Å²) < 4.78 is 2.27. The van der Waals surface area contributed by atoms with E-state index in [-0.39, 0.29) is 0 Å². The minimum absolute atomic E-state index is 1.26. The predicted molar refractivity (Wildman–Crippen MR) is 85.9 cm³/mol. The van der Waals surface area contributed by atoms with Gasteiger partial charge < -0.3 is 4.57 Å². The maximum Gasteiger partial charge on any atom is 0.0494 e. The van der Waals surface area contributed by atoms with E-state index < -0.39 is 0 Å². The van der Waals surface area contributed by atoms with E-state index in [9.17, 15) is 0 Å². The summed E-state index contributed by atoms with van der Waals surface area (Å²) in [5.74, 6) is 0. The lowest BCUT2D eigenvalue weighted by Gasteiger charge is -2.03. The molecule has 0 amide bonds. The average molecular weight is 257 g/mol. The van der Waals surface area contributed by atoms with Crippen molar-refractivity contribution in [3.05, 3.63) is 72.8 Å². The van der Waals surface area contributed by atoms with Crippen molar-refractivity contribution in [1.82, 2.24) is 4.57 Å². The van der Waals surface area contributed by atoms with Crippen LogP contribution in [0.4, 0.5) is 0 Å². The Morgan fingerprint density at radius 3 is 2.15 bits per heavy atom. The summed E-state index contributed by atoms with van der Waals surface area (Å²) in [4.78, 5) is 0. The first kappa shape index (κ1) is 11.3. The second kappa shape index (κ2) is 4.24. The molecular weight excluding hydrogens is 242 g/mol. The van der Waals surface area contributed by atoms with E-state index in [0.29, 0.717) is 0 Å². The Balaban J connectivity index is 2.05. The molecule has 1 nitrogen and oxygen atoms in total. The lowest BCUT2D eigenvalue weighted by atomic mass is 10.0. The molecule has 0 N–H and O–H groups in total. The van der Waals surface area contributed by atoms with Gasteiger partial charge >= 0.3 is 0 Å². The van der Waals surface area contributed by atoms with Gasteiger partial charge in [0, 0.05) is 28.9 Å². The summed E-state index contributed by atoms with van der Waals surface area (Å²) in [6, 6.07) is 25.8. The first-order valence-corrected chi connectivity index (χ1v) is 6.87. The van der Waals surface area contributed by atoms with Crippen LogP contribution in [0, 0.1) is 0 Å². The van der Waals surface area contributed by atoms with Gasteiger partial charge in [-0.25, -0.2) is 0 Å². The fourth-order valence-corrected chi connectivity index (χ4v) is 2.97. The summed E-state index contributed by atoms with van der Waals surface area (Å²) >= 11 is 0. The Morgan fingerprint density at radius 1 is 0.600 bits per heavy atom. The number of rotatable bonds is 1. The number of nitrogens with zero attached hydrogens (tertiary/aromatic N) is 1. The first-order chi connectivity index (χ1) is 9.84. The minimum atomic E-state index is 1.26. The van der Waals surface area contributed by atoms with Gasteiger partial charge in [0.2, 0.25) is 0 Å². The van der Waals surface area contributed by atoms with Crippen molar-refractivity contribution in [1.29, 1.82) is 0 Å². The van der Waals surface area contributed by atoms with Crippen LogP contribution in [-0.2, 0) is 7.05 Å². The minimum Gasteiger partial charge on any atom is -0.344 e. The number of para-hydroxylation sites is 1. The van der Waals surface area contributed by atoms with Crippen LogP contribution in [0.15, 0.2) is 72.8 Å². The van der Waals surface area contributed by atoms with Crippen molar-refractivity contribution in [2.45, 2.75) is 0 Å². The average Bonchev–Trinajstić information content (AvgIpc) is 2.81. The third kappa shape index (κ3) is 1.56. The third-order valence-electron chi connectivity index (χ3n) is 4.02. The van der Waals surface area contributed by atoms with Crippen LogP contribution in [0.1, 0.15) is 0 Å². The van der Waals surface area contributed by atoms with Gasteiger partial charge in [-0.15, -0.1) is 0 Å². The van der Waals surface area contributed by atoms with Crippen LogP contribution in [-0.4, -0.2) is 4.57 Å². The second-order valence-corrected chi connectivity index (χ2v) is 5.17. The number of hydrogen-bond acceptors (Lipinski definition) is 0. The largest absolute Gasteiger partial charge is 0.344 e. The second-order valence-electron chi connectivity index (χ2n) is 5.17. The monoisotopic (exact) mass is 257 g/mol. The number of fused-ring (bicyclic) bond motifs is 3. The molecule has 0 saturated heterocycles. The lowest BCUT2D eigenvalue weighted by molar-refractivity contribution is 1.01. The van der Waals surface area contributed by atoms with E-state index in [1.165, 1.54) is 32.9 Å². The highest BCUT2D eigenvalue weighted by Gasteiger charge is 2.08. The van der Waals surface area contributed by atoms with Gasteiger partial charge in [-0.2, -0.15) is 0 Å². The van der Waals surface area contributed by atoms with Gasteiger partial charge in [0.1, 0.15) is 0 Å². The Hall–Kier alpha value is -2.54. The molecule has 3 aromatic carbocycles. The molecule has 0 bridgehead atoms. The van der Waals surface area contributed by atoms with Crippen molar-refractivity contribution in [2.24, 2.45) is 7.05 Å². The van der Waals surface area contributed by atoms with E-state index in [1.807, 2.05) is 0 Å². The van der Waals surface area contributed by atoms with Crippen molar-refractivity contribution in [2.75, 3.05) is 0 Å². The SMILES string of the molecule is Cn1c2ccccc2c2ccc(-c3ccccc3)cc21. The smallest absolute Gasteiger partial charge is 0.0494 e. The Bertz CT molecular complexity index is 901. The van der Waals surface area contributed by atoms with E-state index in [1.54, 1.807) is 0 Å². The molecule has 0 spiro atoms. The van der Waals surface area contributed by atoms with E-state index in [4.69, 9.17) is 0 Å². The molecule has 0 saturated carbocycles. The molecule has 0 aliphatic heterocycles. The topological polar surface area (TPSA) is 4.93 Å². The molecule has 0 unspecified atom stereocenters. The van der Waals surface area contributed by atoms with E-state index in [0.717, 1.165) is 0 Å². The van der Waals surface area contributed by atoms with Crippen LogP contribution in [0.2, 0.25) is 0 Å². The van der Waals surface area contributed by atoms with Gasteiger partial charge in [-0.3, -0.25) is 0 Å². The van der Waals surface area contributed by atoms with Gasteiger partial charge in [0.05, 0.1) is 0 Å². The fourth-order valence-electron chi connectivity index (χ4n) is 2.97. The molecule has 1 aromatic heterocycles. The van der Waals surface area contributed by atoms with E-state index >= 15 is 0 Å². The van der Waals surface area contributed by atoms with Crippen LogP contribution in [0.5, 0.6) is 0 Å². The quantitative estimate of drug-likeness (QED) is 0.452. The van der Waals surface area contributed by atoms with Gasteiger partial charge in [0.15, 0.2) is 0 Å². The zero-order chi connectivity index (χ0) is 13.5. The van der Waals surface area contributed by atoms with Crippen LogP contribution >= 0.6 is 0 Å². The summed E-state index contributed by atoms with van der Waals surface area (Å²) in [5, 5.41) is 2.65. The van der Waals surface area contributed by atoms with E-state index in [2.05, 4.69) is 84.4 Å². The standard InChI is InChI=1S/C19H15N/c1-20-18-10-6-5-9-16(18)17-12-11-15(13-19(17)20)14-7-3-2-4-8-14/h2-13H,1H3. The maximum atomic E-state index is 2.28. The molecule has 20 heavy (non-hydrogen) atoms. The summed E-state index contributed by atoms with van der Waals surface area (Å²) in [7, 11) is 2.14. The zero-order valence-electron chi connectivity index (χ0n) is 11.4. The lowest BCUT2D eigenvalue weighted by Crippen LogP contribution is -1.86. The molecule has 1 heteroatoms. The molecule has 0 aliphatic rings. The van der Waals surface area contributed by atoms with Crippen LogP contribution < -0.4 is 0 Å². The number of benzene rings is 3. The molecular formula is C19H15N. The highest BCUT2D eigenvalue weighted by molar-refractivity contribution is 6.08. The normalized spacial score (nSPS) is 11.2. The van der Waals surface area contributed by atoms with Crippen LogP contribution in [0.25, 0.3) is 32.9 Å². The van der Waals surface area contributed by atoms with Crippen molar-refractivity contribution >= 4 is 21.8 Å². The fraction of sp³-hybridized carbons (Fsp3) is 0.0526. The third-order valence-corrected chi connectivity index (χ3v) is 4.02. The molecule has 96 valence electrons. The molecule has 0 fully saturated rings. The Labute approximate surface area is 118 Å². The Morgan fingerprint density at radius 2 is 1.30 bits per heavy atom. The Kier molecular flexibility index (Phi) is 2.40. The van der Waals surface area contributed by atoms with Crippen molar-refractivity contribution in [3.8, 4) is 11.1 Å².